The molecule has 0 unspecified atom stereocenters. The normalized spacial score (nSPS) is 16.2. The first kappa shape index (κ1) is 21.8. The van der Waals surface area contributed by atoms with Gasteiger partial charge in [0.15, 0.2) is 0 Å². The summed E-state index contributed by atoms with van der Waals surface area (Å²) in [6.45, 7) is 12.5. The predicted molar refractivity (Wildman–Crippen MR) is 118 cm³/mol. The summed E-state index contributed by atoms with van der Waals surface area (Å²) in [5.74, 6) is 1.72. The second-order valence-corrected chi connectivity index (χ2v) is 9.27. The third-order valence-electron chi connectivity index (χ3n) is 5.88. The molecule has 0 aliphatic heterocycles. The number of carbonyl (C=O) groups excluding carboxylic acids is 1. The first-order valence-corrected chi connectivity index (χ1v) is 11.3. The lowest BCUT2D eigenvalue weighted by molar-refractivity contribution is -0.115. The van der Waals surface area contributed by atoms with Crippen LogP contribution in [0.15, 0.2) is 18.2 Å². The van der Waals surface area contributed by atoms with Gasteiger partial charge in [0.2, 0.25) is 0 Å². The molecule has 29 heavy (non-hydrogen) atoms. The third-order valence-corrected chi connectivity index (χ3v) is 5.88. The van der Waals surface area contributed by atoms with Crippen LogP contribution < -0.4 is 0 Å². The summed E-state index contributed by atoms with van der Waals surface area (Å²) in [5.41, 5.74) is 2.62. The summed E-state index contributed by atoms with van der Waals surface area (Å²) in [5, 5.41) is 1.42. The van der Waals surface area contributed by atoms with Crippen LogP contribution >= 0.6 is 0 Å². The number of imidazole rings is 1. The molecule has 1 aliphatic carbocycles. The van der Waals surface area contributed by atoms with Crippen LogP contribution in [0.4, 0.5) is 0 Å². The molecule has 0 spiro atoms. The average Bonchev–Trinajstić information content (AvgIpc) is 2.86. The van der Waals surface area contributed by atoms with Crippen molar-refractivity contribution in [2.45, 2.75) is 85.1 Å². The maximum absolute atomic E-state index is 12.8. The molecule has 1 heterocycles. The minimum absolute atomic E-state index is 0.0469. The van der Waals surface area contributed by atoms with Gasteiger partial charge in [-0.3, -0.25) is 9.63 Å². The van der Waals surface area contributed by atoms with Crippen LogP contribution in [-0.2, 0) is 16.8 Å². The Kier molecular flexibility index (Phi) is 6.99. The molecule has 1 amide bonds. The SMILES string of the molecule is CCON(CC)C(=O)c1ccc2c(c1)nc(C(C)(C)C)n2CC1CCCCCC1. The molecule has 3 rings (SSSR count). The smallest absolute Gasteiger partial charge is 0.277 e. The Morgan fingerprint density at radius 2 is 1.86 bits per heavy atom. The van der Waals surface area contributed by atoms with Crippen LogP contribution in [0.3, 0.4) is 0 Å². The van der Waals surface area contributed by atoms with Crippen molar-refractivity contribution < 1.29 is 9.63 Å². The van der Waals surface area contributed by atoms with E-state index in [4.69, 9.17) is 9.82 Å². The van der Waals surface area contributed by atoms with Crippen LogP contribution in [-0.4, -0.2) is 33.7 Å². The Morgan fingerprint density at radius 1 is 1.17 bits per heavy atom. The number of rotatable bonds is 6. The highest BCUT2D eigenvalue weighted by molar-refractivity contribution is 5.97. The quantitative estimate of drug-likeness (QED) is 0.461. The van der Waals surface area contributed by atoms with Crippen molar-refractivity contribution in [2.75, 3.05) is 13.2 Å². The standard InChI is InChI=1S/C24H37N3O2/c1-6-27(29-7-2)22(28)19-14-15-21-20(16-19)25-23(24(3,4)5)26(21)17-18-12-10-8-9-11-13-18/h14-16,18H,6-13,17H2,1-5H3. The fraction of sp³-hybridized carbons (Fsp3) is 0.667. The van der Waals surface area contributed by atoms with Gasteiger partial charge in [-0.15, -0.1) is 0 Å². The number of hydrogen-bond acceptors (Lipinski definition) is 3. The second-order valence-electron chi connectivity index (χ2n) is 9.27. The van der Waals surface area contributed by atoms with Crippen molar-refractivity contribution in [3.8, 4) is 0 Å². The fourth-order valence-corrected chi connectivity index (χ4v) is 4.42. The lowest BCUT2D eigenvalue weighted by Crippen LogP contribution is -2.30. The molecule has 0 saturated heterocycles. The molecule has 0 bridgehead atoms. The number of hydroxylamine groups is 2. The molecule has 5 heteroatoms. The molecule has 0 N–H and O–H groups in total. The molecule has 2 aromatic rings. The van der Waals surface area contributed by atoms with Gasteiger partial charge >= 0.3 is 0 Å². The summed E-state index contributed by atoms with van der Waals surface area (Å²) < 4.78 is 2.42. The maximum Gasteiger partial charge on any atom is 0.277 e. The van der Waals surface area contributed by atoms with Crippen LogP contribution in [0.2, 0.25) is 0 Å². The monoisotopic (exact) mass is 399 g/mol. The van der Waals surface area contributed by atoms with E-state index in [9.17, 15) is 4.79 Å². The van der Waals surface area contributed by atoms with Crippen molar-refractivity contribution in [1.82, 2.24) is 14.6 Å². The molecule has 1 aliphatic rings. The minimum atomic E-state index is -0.105. The largest absolute Gasteiger partial charge is 0.327 e. The molecular weight excluding hydrogens is 362 g/mol. The van der Waals surface area contributed by atoms with Gasteiger partial charge in [0.1, 0.15) is 5.82 Å². The van der Waals surface area contributed by atoms with Gasteiger partial charge in [-0.05, 0) is 50.8 Å². The maximum atomic E-state index is 12.8. The van der Waals surface area contributed by atoms with E-state index in [2.05, 4.69) is 31.4 Å². The fourth-order valence-electron chi connectivity index (χ4n) is 4.42. The number of aromatic nitrogens is 2. The molecular formula is C24H37N3O2. The van der Waals surface area contributed by atoms with E-state index >= 15 is 0 Å². The minimum Gasteiger partial charge on any atom is -0.327 e. The van der Waals surface area contributed by atoms with Gasteiger partial charge in [0.25, 0.3) is 5.91 Å². The lowest BCUT2D eigenvalue weighted by atomic mass is 9.94. The lowest BCUT2D eigenvalue weighted by Gasteiger charge is -2.23. The molecule has 0 atom stereocenters. The highest BCUT2D eigenvalue weighted by Gasteiger charge is 2.26. The number of nitrogens with zero attached hydrogens (tertiary/aromatic N) is 3. The van der Waals surface area contributed by atoms with Crippen LogP contribution in [0, 0.1) is 5.92 Å². The zero-order valence-electron chi connectivity index (χ0n) is 18.8. The first-order valence-electron chi connectivity index (χ1n) is 11.3. The third kappa shape index (κ3) is 5.00. The van der Waals surface area contributed by atoms with Gasteiger partial charge in [0.05, 0.1) is 17.6 Å². The second kappa shape index (κ2) is 9.29. The Bertz CT molecular complexity index is 826. The highest BCUT2D eigenvalue weighted by Crippen LogP contribution is 2.31. The predicted octanol–water partition coefficient (Wildman–Crippen LogP) is 5.72. The Hall–Kier alpha value is -1.88. The van der Waals surface area contributed by atoms with Gasteiger partial charge in [0, 0.05) is 24.1 Å². The summed E-state index contributed by atoms with van der Waals surface area (Å²) in [6.07, 6.45) is 8.02. The van der Waals surface area contributed by atoms with Gasteiger partial charge in [-0.1, -0.05) is 46.5 Å². The summed E-state index contributed by atoms with van der Waals surface area (Å²) in [4.78, 5) is 23.3. The van der Waals surface area contributed by atoms with Gasteiger partial charge in [-0.25, -0.2) is 10.0 Å². The topological polar surface area (TPSA) is 47.4 Å². The van der Waals surface area contributed by atoms with Crippen molar-refractivity contribution in [1.29, 1.82) is 0 Å². The van der Waals surface area contributed by atoms with Crippen molar-refractivity contribution in [2.24, 2.45) is 5.92 Å². The molecule has 1 aromatic carbocycles. The number of hydrogen-bond donors (Lipinski definition) is 0. The Balaban J connectivity index is 1.98. The molecule has 5 nitrogen and oxygen atoms in total. The van der Waals surface area contributed by atoms with E-state index in [1.165, 1.54) is 43.6 Å². The highest BCUT2D eigenvalue weighted by atomic mass is 16.7. The summed E-state index contributed by atoms with van der Waals surface area (Å²) >= 11 is 0. The van der Waals surface area contributed by atoms with Crippen molar-refractivity contribution in [3.05, 3.63) is 29.6 Å². The van der Waals surface area contributed by atoms with Crippen LogP contribution in [0.1, 0.15) is 89.3 Å². The number of benzene rings is 1. The average molecular weight is 400 g/mol. The van der Waals surface area contributed by atoms with E-state index in [-0.39, 0.29) is 11.3 Å². The van der Waals surface area contributed by atoms with Gasteiger partial charge in [-0.2, -0.15) is 0 Å². The van der Waals surface area contributed by atoms with Crippen LogP contribution in [0.5, 0.6) is 0 Å². The van der Waals surface area contributed by atoms with E-state index in [0.717, 1.165) is 23.4 Å². The van der Waals surface area contributed by atoms with E-state index in [0.29, 0.717) is 24.6 Å². The Morgan fingerprint density at radius 3 is 2.45 bits per heavy atom. The number of fused-ring (bicyclic) bond motifs is 1. The molecule has 1 saturated carbocycles. The van der Waals surface area contributed by atoms with E-state index < -0.39 is 0 Å². The van der Waals surface area contributed by atoms with Gasteiger partial charge < -0.3 is 4.57 Å². The molecule has 1 aromatic heterocycles. The molecule has 160 valence electrons. The summed E-state index contributed by atoms with van der Waals surface area (Å²) in [6, 6.07) is 5.92. The number of carbonyl (C=O) groups is 1. The summed E-state index contributed by atoms with van der Waals surface area (Å²) in [7, 11) is 0. The Labute approximate surface area is 175 Å². The van der Waals surface area contributed by atoms with Crippen molar-refractivity contribution in [3.63, 3.8) is 0 Å². The first-order chi connectivity index (χ1) is 13.8. The van der Waals surface area contributed by atoms with E-state index in [1.807, 2.05) is 26.0 Å². The molecule has 0 radical (unpaired) electrons. The molecule has 1 fully saturated rings. The zero-order chi connectivity index (χ0) is 21.0. The number of amides is 1. The van der Waals surface area contributed by atoms with Crippen molar-refractivity contribution >= 4 is 16.9 Å². The van der Waals surface area contributed by atoms with E-state index in [1.54, 1.807) is 0 Å². The van der Waals surface area contributed by atoms with Crippen LogP contribution in [0.25, 0.3) is 11.0 Å². The zero-order valence-corrected chi connectivity index (χ0v) is 18.8.